The van der Waals surface area contributed by atoms with Crippen molar-refractivity contribution in [3.05, 3.63) is 83.4 Å². The summed E-state index contributed by atoms with van der Waals surface area (Å²) in [5.74, 6) is 0.638. The van der Waals surface area contributed by atoms with Gasteiger partial charge < -0.3 is 10.1 Å². The van der Waals surface area contributed by atoms with Gasteiger partial charge in [-0.05, 0) is 80.1 Å². The second kappa shape index (κ2) is 10.8. The fourth-order valence-corrected chi connectivity index (χ4v) is 4.05. The maximum Gasteiger partial charge on any atom is 0.256 e. The Kier molecular flexibility index (Phi) is 7.90. The summed E-state index contributed by atoms with van der Waals surface area (Å²) in [7, 11) is 1.66. The summed E-state index contributed by atoms with van der Waals surface area (Å²) in [4.78, 5) is 18.8. The van der Waals surface area contributed by atoms with Crippen LogP contribution >= 0.6 is 11.8 Å². The zero-order chi connectivity index (χ0) is 23.1. The van der Waals surface area contributed by atoms with Gasteiger partial charge in [0.1, 0.15) is 5.75 Å². The van der Waals surface area contributed by atoms with Gasteiger partial charge in [-0.1, -0.05) is 30.3 Å². The van der Waals surface area contributed by atoms with Crippen LogP contribution in [0.5, 0.6) is 5.75 Å². The number of rotatable bonds is 7. The van der Waals surface area contributed by atoms with Crippen molar-refractivity contribution < 1.29 is 9.53 Å². The number of ether oxygens (including phenoxy) is 1. The zero-order valence-electron chi connectivity index (χ0n) is 19.1. The van der Waals surface area contributed by atoms with Gasteiger partial charge in [-0.25, -0.2) is 0 Å². The Hall–Kier alpha value is -3.31. The van der Waals surface area contributed by atoms with Gasteiger partial charge >= 0.3 is 0 Å². The molecule has 3 rings (SSSR count). The van der Waals surface area contributed by atoms with Crippen LogP contribution < -0.4 is 10.1 Å². The highest BCUT2D eigenvalue weighted by Crippen LogP contribution is 2.34. The number of carbonyl (C=O) groups excluding carboxylic acids is 1. The SMILES string of the molecule is CC=NC(=CC)c1cccc(NC(=O)c2ccc(SC)cc2-c2cccc(OC)c2C)c1. The Balaban J connectivity index is 2.02. The van der Waals surface area contributed by atoms with E-state index in [0.29, 0.717) is 5.56 Å². The van der Waals surface area contributed by atoms with Crippen LogP contribution in [0.25, 0.3) is 16.8 Å². The lowest BCUT2D eigenvalue weighted by Gasteiger charge is -2.16. The van der Waals surface area contributed by atoms with Gasteiger partial charge in [0, 0.05) is 27.9 Å². The predicted molar refractivity (Wildman–Crippen MR) is 137 cm³/mol. The summed E-state index contributed by atoms with van der Waals surface area (Å²) in [5.41, 5.74) is 6.01. The number of methoxy groups -OCH3 is 1. The highest BCUT2D eigenvalue weighted by atomic mass is 32.2. The largest absolute Gasteiger partial charge is 0.496 e. The topological polar surface area (TPSA) is 50.7 Å². The number of nitrogens with zero attached hydrogens (tertiary/aromatic N) is 1. The number of allylic oxidation sites excluding steroid dienone is 1. The minimum atomic E-state index is -0.159. The first kappa shape index (κ1) is 23.4. The van der Waals surface area contributed by atoms with Crippen LogP contribution in [0.3, 0.4) is 0 Å². The van der Waals surface area contributed by atoms with Crippen molar-refractivity contribution in [2.75, 3.05) is 18.7 Å². The number of hydrogen-bond donors (Lipinski definition) is 1. The molecule has 0 atom stereocenters. The van der Waals surface area contributed by atoms with E-state index in [4.69, 9.17) is 4.74 Å². The maximum atomic E-state index is 13.4. The van der Waals surface area contributed by atoms with E-state index in [9.17, 15) is 4.79 Å². The molecule has 0 aromatic heterocycles. The average Bonchev–Trinajstić information content (AvgIpc) is 2.82. The number of benzene rings is 3. The molecule has 1 amide bonds. The van der Waals surface area contributed by atoms with Crippen LogP contribution in [0.2, 0.25) is 0 Å². The third kappa shape index (κ3) is 5.11. The molecular formula is C27H28N2O2S. The molecule has 0 aliphatic carbocycles. The van der Waals surface area contributed by atoms with Crippen LogP contribution in [-0.2, 0) is 0 Å². The van der Waals surface area contributed by atoms with Gasteiger partial charge in [0.15, 0.2) is 0 Å². The maximum absolute atomic E-state index is 13.4. The van der Waals surface area contributed by atoms with Crippen LogP contribution in [0.4, 0.5) is 5.69 Å². The first-order chi connectivity index (χ1) is 15.5. The molecule has 0 fully saturated rings. The van der Waals surface area contributed by atoms with E-state index in [1.165, 1.54) is 0 Å². The molecular weight excluding hydrogens is 416 g/mol. The third-order valence-corrected chi connectivity index (χ3v) is 5.95. The van der Waals surface area contributed by atoms with Crippen molar-refractivity contribution in [3.8, 4) is 16.9 Å². The molecule has 0 radical (unpaired) electrons. The molecule has 4 nitrogen and oxygen atoms in total. The first-order valence-electron chi connectivity index (χ1n) is 10.4. The number of hydrogen-bond acceptors (Lipinski definition) is 4. The summed E-state index contributed by atoms with van der Waals surface area (Å²) >= 11 is 1.65. The number of amides is 1. The monoisotopic (exact) mass is 444 g/mol. The van der Waals surface area contributed by atoms with Crippen molar-refractivity contribution in [2.45, 2.75) is 25.7 Å². The van der Waals surface area contributed by atoms with Gasteiger partial charge in [0.05, 0.1) is 12.8 Å². The standard InChI is InChI=1S/C27H28N2O2S/c1-6-25(28-7-2)19-10-8-11-20(16-19)29-27(30)23-15-14-21(32-5)17-24(23)22-12-9-13-26(31-4)18(22)3/h6-17H,1-5H3,(H,29,30). The highest BCUT2D eigenvalue weighted by molar-refractivity contribution is 7.98. The Morgan fingerprint density at radius 2 is 1.81 bits per heavy atom. The Morgan fingerprint density at radius 3 is 2.50 bits per heavy atom. The number of thioether (sulfide) groups is 1. The molecule has 0 saturated heterocycles. The molecule has 5 heteroatoms. The third-order valence-electron chi connectivity index (χ3n) is 5.22. The van der Waals surface area contributed by atoms with E-state index in [1.807, 2.05) is 87.7 Å². The predicted octanol–water partition coefficient (Wildman–Crippen LogP) is 7.10. The van der Waals surface area contributed by atoms with Crippen LogP contribution in [0.1, 0.15) is 35.3 Å². The molecule has 0 unspecified atom stereocenters. The molecule has 32 heavy (non-hydrogen) atoms. The second-order valence-corrected chi connectivity index (χ2v) is 8.02. The summed E-state index contributed by atoms with van der Waals surface area (Å²) < 4.78 is 5.50. The van der Waals surface area contributed by atoms with Gasteiger partial charge in [0.2, 0.25) is 0 Å². The number of nitrogens with one attached hydrogen (secondary N) is 1. The fourth-order valence-electron chi connectivity index (χ4n) is 3.61. The van der Waals surface area contributed by atoms with E-state index < -0.39 is 0 Å². The van der Waals surface area contributed by atoms with E-state index in [2.05, 4.69) is 16.4 Å². The quantitative estimate of drug-likeness (QED) is 0.312. The fraction of sp³-hybridized carbons (Fsp3) is 0.185. The van der Waals surface area contributed by atoms with Crippen molar-refractivity contribution in [1.29, 1.82) is 0 Å². The molecule has 0 aliphatic rings. The van der Waals surface area contributed by atoms with Crippen molar-refractivity contribution in [1.82, 2.24) is 0 Å². The normalized spacial score (nSPS) is 11.6. The van der Waals surface area contributed by atoms with Gasteiger partial charge in [-0.3, -0.25) is 9.79 Å². The molecule has 164 valence electrons. The minimum Gasteiger partial charge on any atom is -0.496 e. The van der Waals surface area contributed by atoms with E-state index in [-0.39, 0.29) is 5.91 Å². The van der Waals surface area contributed by atoms with Crippen LogP contribution in [0, 0.1) is 6.92 Å². The van der Waals surface area contributed by atoms with Gasteiger partial charge in [0.25, 0.3) is 5.91 Å². The molecule has 0 aliphatic heterocycles. The Labute approximate surface area is 194 Å². The molecule has 0 saturated carbocycles. The molecule has 1 N–H and O–H groups in total. The lowest BCUT2D eigenvalue weighted by atomic mass is 9.95. The number of carbonyl (C=O) groups is 1. The van der Waals surface area contributed by atoms with E-state index in [1.54, 1.807) is 25.1 Å². The van der Waals surface area contributed by atoms with Crippen molar-refractivity contribution in [3.63, 3.8) is 0 Å². The lowest BCUT2D eigenvalue weighted by molar-refractivity contribution is 0.102. The Bertz CT molecular complexity index is 1180. The zero-order valence-corrected chi connectivity index (χ0v) is 19.9. The van der Waals surface area contributed by atoms with Crippen molar-refractivity contribution >= 4 is 35.3 Å². The highest BCUT2D eigenvalue weighted by Gasteiger charge is 2.17. The summed E-state index contributed by atoms with van der Waals surface area (Å²) in [5, 5.41) is 3.06. The van der Waals surface area contributed by atoms with E-state index >= 15 is 0 Å². The lowest BCUT2D eigenvalue weighted by Crippen LogP contribution is -2.13. The molecule has 0 spiro atoms. The number of aliphatic imine (C=N–C) groups is 1. The first-order valence-corrected chi connectivity index (χ1v) is 11.6. The number of anilines is 1. The van der Waals surface area contributed by atoms with E-state index in [0.717, 1.165) is 44.3 Å². The smallest absolute Gasteiger partial charge is 0.256 e. The van der Waals surface area contributed by atoms with Crippen LogP contribution in [-0.4, -0.2) is 25.5 Å². The van der Waals surface area contributed by atoms with Gasteiger partial charge in [-0.15, -0.1) is 11.8 Å². The molecule has 0 heterocycles. The van der Waals surface area contributed by atoms with Crippen LogP contribution in [0.15, 0.2) is 76.6 Å². The molecule has 3 aromatic carbocycles. The summed E-state index contributed by atoms with van der Waals surface area (Å²) in [6.45, 7) is 5.84. The van der Waals surface area contributed by atoms with Gasteiger partial charge in [-0.2, -0.15) is 0 Å². The summed E-state index contributed by atoms with van der Waals surface area (Å²) in [6.07, 6.45) is 5.74. The summed E-state index contributed by atoms with van der Waals surface area (Å²) in [6, 6.07) is 19.6. The van der Waals surface area contributed by atoms with Crippen molar-refractivity contribution in [2.24, 2.45) is 4.99 Å². The molecule has 3 aromatic rings. The minimum absolute atomic E-state index is 0.159. The second-order valence-electron chi connectivity index (χ2n) is 7.14. The Morgan fingerprint density at radius 1 is 1.03 bits per heavy atom. The average molecular weight is 445 g/mol. The molecule has 0 bridgehead atoms.